The number of tetrazole rings is 1. The summed E-state index contributed by atoms with van der Waals surface area (Å²) in [4.78, 5) is 20.8. The molecule has 2 heterocycles. The summed E-state index contributed by atoms with van der Waals surface area (Å²) in [5.74, 6) is 0.0264. The van der Waals surface area contributed by atoms with Crippen LogP contribution in [0.1, 0.15) is 72.5 Å². The molecule has 0 N–H and O–H groups in total. The van der Waals surface area contributed by atoms with E-state index in [2.05, 4.69) is 15.4 Å². The van der Waals surface area contributed by atoms with Gasteiger partial charge in [-0.25, -0.2) is 9.86 Å². The van der Waals surface area contributed by atoms with Crippen LogP contribution in [-0.4, -0.2) is 39.0 Å². The number of halogens is 6. The lowest BCUT2D eigenvalue weighted by Crippen LogP contribution is -2.31. The van der Waals surface area contributed by atoms with Crippen LogP contribution in [0.2, 0.25) is 0 Å². The summed E-state index contributed by atoms with van der Waals surface area (Å²) in [6.07, 6.45) is -7.92. The summed E-state index contributed by atoms with van der Waals surface area (Å²) in [6, 6.07) is 4.79. The van der Waals surface area contributed by atoms with Gasteiger partial charge in [0.25, 0.3) is 5.95 Å². The van der Waals surface area contributed by atoms with Gasteiger partial charge in [0.1, 0.15) is 0 Å². The molecule has 2 aromatic carbocycles. The smallest absolute Gasteiger partial charge is 0.430 e. The molecule has 0 spiro atoms. The number of anilines is 2. The highest BCUT2D eigenvalue weighted by Crippen LogP contribution is 2.43. The quantitative estimate of drug-likeness (QED) is 0.229. The van der Waals surface area contributed by atoms with Crippen molar-refractivity contribution in [3.8, 4) is 0 Å². The van der Waals surface area contributed by atoms with Crippen molar-refractivity contribution >= 4 is 17.8 Å². The molecular formula is C28H30F6N6O3. The van der Waals surface area contributed by atoms with Crippen molar-refractivity contribution in [3.05, 3.63) is 63.7 Å². The maximum atomic E-state index is 13.7. The number of aryl methyl sites for hydroxylation is 3. The monoisotopic (exact) mass is 612 g/mol. The predicted molar refractivity (Wildman–Crippen MR) is 142 cm³/mol. The van der Waals surface area contributed by atoms with Gasteiger partial charge in [-0.1, -0.05) is 11.2 Å². The molecule has 0 radical (unpaired) electrons. The molecule has 5 rings (SSSR count). The molecule has 43 heavy (non-hydrogen) atoms. The van der Waals surface area contributed by atoms with E-state index in [1.54, 1.807) is 18.7 Å². The summed E-state index contributed by atoms with van der Waals surface area (Å²) >= 11 is 0. The molecule has 9 nitrogen and oxygen atoms in total. The number of fused-ring (bicyclic) bond motifs is 2. The third kappa shape index (κ3) is 6.80. The highest BCUT2D eigenvalue weighted by Gasteiger charge is 2.38. The van der Waals surface area contributed by atoms with Gasteiger partial charge < -0.3 is 14.5 Å². The molecule has 0 saturated heterocycles. The van der Waals surface area contributed by atoms with E-state index in [1.807, 2.05) is 12.1 Å². The van der Waals surface area contributed by atoms with Gasteiger partial charge in [-0.3, -0.25) is 0 Å². The molecule has 1 atom stereocenters. The lowest BCUT2D eigenvalue weighted by atomic mass is 9.95. The number of benzene rings is 2. The SMILES string of the molecule is CC(C)OC(=O)ON1CCC[C@@H](N(Cc2cc(C(F)(F)F)cc(C(F)(F)F)c2)c2nnn(C)n2)c2cc3c(cc21)CCC3. The molecule has 0 unspecified atom stereocenters. The van der Waals surface area contributed by atoms with Crippen molar-refractivity contribution < 1.29 is 40.7 Å². The van der Waals surface area contributed by atoms with Gasteiger partial charge in [0.05, 0.1) is 42.6 Å². The Balaban J connectivity index is 1.61. The largest absolute Gasteiger partial charge is 0.533 e. The standard InChI is InChI=1S/C28H30F6N6O3/c1-16(2)42-26(41)43-40-9-5-8-23(22-12-18-6-4-7-19(18)13-24(22)40)39(25-35-37-38(3)36-25)15-17-10-20(27(29,30)31)14-21(11-17)28(32,33)34/h10-14,16,23H,4-9,15H2,1-3H3/t23-/m1/s1. The maximum absolute atomic E-state index is 13.7. The normalized spacial score (nSPS) is 17.0. The van der Waals surface area contributed by atoms with Gasteiger partial charge in [-0.15, -0.1) is 5.10 Å². The third-order valence-corrected chi connectivity index (χ3v) is 7.36. The van der Waals surface area contributed by atoms with Crippen LogP contribution in [0.3, 0.4) is 0 Å². The number of rotatable bonds is 6. The van der Waals surface area contributed by atoms with Crippen molar-refractivity contribution in [2.45, 2.75) is 77.0 Å². The average Bonchev–Trinajstić information content (AvgIpc) is 3.51. The van der Waals surface area contributed by atoms with Crippen LogP contribution in [0.5, 0.6) is 0 Å². The average molecular weight is 613 g/mol. The fourth-order valence-corrected chi connectivity index (χ4v) is 5.56. The molecule has 15 heteroatoms. The number of aromatic nitrogens is 4. The zero-order valence-electron chi connectivity index (χ0n) is 23.7. The highest BCUT2D eigenvalue weighted by atomic mass is 19.4. The Labute approximate surface area is 243 Å². The summed E-state index contributed by atoms with van der Waals surface area (Å²) in [7, 11) is 1.50. The van der Waals surface area contributed by atoms with Crippen molar-refractivity contribution in [1.29, 1.82) is 0 Å². The zero-order valence-corrected chi connectivity index (χ0v) is 23.7. The van der Waals surface area contributed by atoms with E-state index in [1.165, 1.54) is 12.1 Å². The lowest BCUT2D eigenvalue weighted by molar-refractivity contribution is -0.143. The number of hydrogen-bond donors (Lipinski definition) is 0. The molecule has 0 bridgehead atoms. The van der Waals surface area contributed by atoms with Gasteiger partial charge in [-0.2, -0.15) is 31.1 Å². The number of nitrogens with zero attached hydrogens (tertiary/aromatic N) is 6. The van der Waals surface area contributed by atoms with Crippen LogP contribution in [0.4, 0.5) is 42.8 Å². The number of carbonyl (C=O) groups excluding carboxylic acids is 1. The summed E-state index contributed by atoms with van der Waals surface area (Å²) in [5, 5.41) is 13.6. The number of ether oxygens (including phenoxy) is 1. The minimum Gasteiger partial charge on any atom is -0.430 e. The van der Waals surface area contributed by atoms with E-state index in [-0.39, 0.29) is 30.7 Å². The predicted octanol–water partition coefficient (Wildman–Crippen LogP) is 6.56. The fourth-order valence-electron chi connectivity index (χ4n) is 5.56. The van der Waals surface area contributed by atoms with Crippen molar-refractivity contribution in [2.24, 2.45) is 7.05 Å². The minimum absolute atomic E-state index is 0.0264. The van der Waals surface area contributed by atoms with E-state index in [9.17, 15) is 31.1 Å². The Morgan fingerprint density at radius 3 is 2.23 bits per heavy atom. The molecule has 0 amide bonds. The second-order valence-electron chi connectivity index (χ2n) is 10.9. The van der Waals surface area contributed by atoms with Crippen LogP contribution in [0.15, 0.2) is 30.3 Å². The van der Waals surface area contributed by atoms with Crippen LogP contribution in [-0.2, 0) is 48.4 Å². The van der Waals surface area contributed by atoms with Crippen LogP contribution >= 0.6 is 0 Å². The molecule has 3 aromatic rings. The van der Waals surface area contributed by atoms with Gasteiger partial charge >= 0.3 is 18.5 Å². The summed E-state index contributed by atoms with van der Waals surface area (Å²) in [5.41, 5.74) is 0.320. The second kappa shape index (κ2) is 11.6. The van der Waals surface area contributed by atoms with Crippen LogP contribution in [0, 0.1) is 0 Å². The molecular weight excluding hydrogens is 582 g/mol. The summed E-state index contributed by atoms with van der Waals surface area (Å²) in [6.45, 7) is 3.27. The van der Waals surface area contributed by atoms with Gasteiger partial charge in [-0.05, 0) is 92.1 Å². The van der Waals surface area contributed by atoms with E-state index < -0.39 is 41.8 Å². The highest BCUT2D eigenvalue weighted by molar-refractivity contribution is 5.66. The number of hydrogen-bond acceptors (Lipinski definition) is 8. The van der Waals surface area contributed by atoms with E-state index in [0.29, 0.717) is 36.2 Å². The number of carbonyl (C=O) groups is 1. The van der Waals surface area contributed by atoms with Crippen molar-refractivity contribution in [1.82, 2.24) is 20.2 Å². The first kappa shape index (κ1) is 30.4. The summed E-state index contributed by atoms with van der Waals surface area (Å²) < 4.78 is 87.3. The molecule has 1 aromatic heterocycles. The minimum atomic E-state index is -5.00. The third-order valence-electron chi connectivity index (χ3n) is 7.36. The first-order valence-corrected chi connectivity index (χ1v) is 13.8. The van der Waals surface area contributed by atoms with Crippen molar-refractivity contribution in [2.75, 3.05) is 16.5 Å². The maximum Gasteiger partial charge on any atom is 0.533 e. The Hall–Kier alpha value is -4.04. The van der Waals surface area contributed by atoms with Gasteiger partial charge in [0.2, 0.25) is 0 Å². The van der Waals surface area contributed by atoms with Crippen LogP contribution in [0.25, 0.3) is 0 Å². The molecule has 0 fully saturated rings. The molecule has 0 saturated carbocycles. The number of alkyl halides is 6. The Morgan fingerprint density at radius 1 is 1.00 bits per heavy atom. The van der Waals surface area contributed by atoms with Gasteiger partial charge in [0.15, 0.2) is 0 Å². The van der Waals surface area contributed by atoms with E-state index >= 15 is 0 Å². The van der Waals surface area contributed by atoms with Gasteiger partial charge in [0, 0.05) is 12.1 Å². The fraction of sp³-hybridized carbons (Fsp3) is 0.500. The second-order valence-corrected chi connectivity index (χ2v) is 10.9. The van der Waals surface area contributed by atoms with E-state index in [4.69, 9.17) is 9.57 Å². The molecule has 232 valence electrons. The van der Waals surface area contributed by atoms with Crippen LogP contribution < -0.4 is 9.96 Å². The van der Waals surface area contributed by atoms with Crippen molar-refractivity contribution in [3.63, 3.8) is 0 Å². The lowest BCUT2D eigenvalue weighted by Gasteiger charge is -2.32. The Bertz CT molecular complexity index is 1460. The first-order valence-electron chi connectivity index (χ1n) is 13.8. The topological polar surface area (TPSA) is 85.6 Å². The zero-order chi connectivity index (χ0) is 31.1. The first-order chi connectivity index (χ1) is 20.2. The number of hydroxylamine groups is 1. The Kier molecular flexibility index (Phi) is 8.18. The van der Waals surface area contributed by atoms with E-state index in [0.717, 1.165) is 35.2 Å². The Morgan fingerprint density at radius 2 is 1.65 bits per heavy atom. The molecule has 2 aliphatic rings. The molecule has 1 aliphatic heterocycles. The molecule has 1 aliphatic carbocycles.